The van der Waals surface area contributed by atoms with E-state index < -0.39 is 0 Å². The monoisotopic (exact) mass is 440 g/mol. The van der Waals surface area contributed by atoms with Gasteiger partial charge in [-0.1, -0.05) is 19.1 Å². The molecule has 0 fully saturated rings. The van der Waals surface area contributed by atoms with Gasteiger partial charge in [-0.2, -0.15) is 5.26 Å². The van der Waals surface area contributed by atoms with Gasteiger partial charge in [0, 0.05) is 53.8 Å². The highest BCUT2D eigenvalue weighted by Crippen LogP contribution is 2.31. The van der Waals surface area contributed by atoms with Crippen molar-refractivity contribution in [3.05, 3.63) is 87.0 Å². The zero-order valence-corrected chi connectivity index (χ0v) is 19.2. The normalized spacial score (nSPS) is 11.5. The molecule has 0 N–H and O–H groups in total. The molecule has 0 atom stereocenters. The Balaban J connectivity index is 1.87. The molecule has 2 heterocycles. The third kappa shape index (κ3) is 4.25. The number of methoxy groups -OCH3 is 1. The van der Waals surface area contributed by atoms with Crippen LogP contribution in [0.15, 0.2) is 59.2 Å². The first-order valence-corrected chi connectivity index (χ1v) is 11.4. The number of nitrogens with zero attached hydrogens (tertiary/aromatic N) is 4. The summed E-state index contributed by atoms with van der Waals surface area (Å²) in [4.78, 5) is 13.8. The lowest BCUT2D eigenvalue weighted by Gasteiger charge is -2.17. The molecule has 4 rings (SSSR count). The first kappa shape index (κ1) is 21.7. The molecule has 0 amide bonds. The molecule has 0 aliphatic rings. The second kappa shape index (κ2) is 9.71. The van der Waals surface area contributed by atoms with Crippen LogP contribution in [-0.2, 0) is 19.3 Å². The van der Waals surface area contributed by atoms with Gasteiger partial charge < -0.3 is 4.74 Å². The van der Waals surface area contributed by atoms with Crippen molar-refractivity contribution in [3.63, 3.8) is 0 Å². The van der Waals surface area contributed by atoms with Crippen LogP contribution in [0.25, 0.3) is 10.9 Å². The van der Waals surface area contributed by atoms with E-state index in [1.165, 1.54) is 0 Å². The minimum absolute atomic E-state index is 0.633. The molecule has 0 saturated heterocycles. The Bertz CT molecular complexity index is 1300. The minimum atomic E-state index is 0.633. The topological polar surface area (TPSA) is 71.2 Å². The SMILES string of the molecule is CCc1cnc2cc(OC)c(CCc3nccs3)cc2c1C(=NC)c1ccc(C#N)cc1. The van der Waals surface area contributed by atoms with E-state index in [0.717, 1.165) is 68.9 Å². The largest absolute Gasteiger partial charge is 0.496 e. The summed E-state index contributed by atoms with van der Waals surface area (Å²) in [6, 6.07) is 14.0. The zero-order valence-electron chi connectivity index (χ0n) is 18.4. The van der Waals surface area contributed by atoms with Crippen molar-refractivity contribution in [3.8, 4) is 11.8 Å². The number of aryl methyl sites for hydroxylation is 3. The number of benzene rings is 2. The summed E-state index contributed by atoms with van der Waals surface area (Å²) in [6.07, 6.45) is 6.31. The smallest absolute Gasteiger partial charge is 0.124 e. The van der Waals surface area contributed by atoms with E-state index in [2.05, 4.69) is 29.0 Å². The Labute approximate surface area is 192 Å². The third-order valence-corrected chi connectivity index (χ3v) is 6.41. The average Bonchev–Trinajstić information content (AvgIpc) is 3.36. The molecule has 0 radical (unpaired) electrons. The number of pyridine rings is 1. The molecule has 0 aliphatic heterocycles. The maximum atomic E-state index is 9.16. The lowest BCUT2D eigenvalue weighted by atomic mass is 9.91. The lowest BCUT2D eigenvalue weighted by Crippen LogP contribution is -2.09. The highest BCUT2D eigenvalue weighted by atomic mass is 32.1. The van der Waals surface area contributed by atoms with Crippen molar-refractivity contribution < 1.29 is 4.74 Å². The Kier molecular flexibility index (Phi) is 6.58. The van der Waals surface area contributed by atoms with E-state index >= 15 is 0 Å². The van der Waals surface area contributed by atoms with Gasteiger partial charge in [-0.3, -0.25) is 9.98 Å². The van der Waals surface area contributed by atoms with Crippen molar-refractivity contribution in [2.75, 3.05) is 14.2 Å². The summed E-state index contributed by atoms with van der Waals surface area (Å²) < 4.78 is 5.70. The van der Waals surface area contributed by atoms with E-state index in [9.17, 15) is 0 Å². The van der Waals surface area contributed by atoms with Crippen molar-refractivity contribution in [2.45, 2.75) is 26.2 Å². The zero-order chi connectivity index (χ0) is 22.5. The summed E-state index contributed by atoms with van der Waals surface area (Å²) >= 11 is 1.67. The molecule has 32 heavy (non-hydrogen) atoms. The second-order valence-corrected chi connectivity index (χ2v) is 8.36. The number of rotatable bonds is 7. The van der Waals surface area contributed by atoms with Gasteiger partial charge in [-0.05, 0) is 42.2 Å². The molecule has 5 nitrogen and oxygen atoms in total. The molecule has 0 saturated carbocycles. The highest BCUT2D eigenvalue weighted by molar-refractivity contribution is 7.09. The number of fused-ring (bicyclic) bond motifs is 1. The fourth-order valence-electron chi connectivity index (χ4n) is 3.94. The lowest BCUT2D eigenvalue weighted by molar-refractivity contribution is 0.410. The summed E-state index contributed by atoms with van der Waals surface area (Å²) in [5, 5.41) is 13.3. The number of aliphatic imine (C=N–C) groups is 1. The molecule has 0 aliphatic carbocycles. The molecular weight excluding hydrogens is 416 g/mol. The van der Waals surface area contributed by atoms with E-state index in [-0.39, 0.29) is 0 Å². The van der Waals surface area contributed by atoms with Crippen molar-refractivity contribution in [1.82, 2.24) is 9.97 Å². The fourth-order valence-corrected chi connectivity index (χ4v) is 4.57. The molecule has 0 spiro atoms. The fraction of sp³-hybridized carbons (Fsp3) is 0.231. The van der Waals surface area contributed by atoms with Crippen LogP contribution in [0.1, 0.15) is 39.7 Å². The van der Waals surface area contributed by atoms with E-state index in [4.69, 9.17) is 15.0 Å². The van der Waals surface area contributed by atoms with Gasteiger partial charge in [0.2, 0.25) is 0 Å². The Morgan fingerprint density at radius 2 is 1.94 bits per heavy atom. The third-order valence-electron chi connectivity index (χ3n) is 5.57. The first-order chi connectivity index (χ1) is 15.7. The van der Waals surface area contributed by atoms with Gasteiger partial charge in [0.1, 0.15) is 5.75 Å². The molecule has 4 aromatic rings. The number of thiazole rings is 1. The number of ether oxygens (including phenoxy) is 1. The molecule has 160 valence electrons. The Hall–Kier alpha value is -3.56. The van der Waals surface area contributed by atoms with Crippen molar-refractivity contribution in [1.29, 1.82) is 5.26 Å². The molecule has 0 unspecified atom stereocenters. The minimum Gasteiger partial charge on any atom is -0.496 e. The summed E-state index contributed by atoms with van der Waals surface area (Å²) in [5.74, 6) is 0.838. The van der Waals surface area contributed by atoms with Gasteiger partial charge in [0.15, 0.2) is 0 Å². The highest BCUT2D eigenvalue weighted by Gasteiger charge is 2.18. The van der Waals surface area contributed by atoms with Crippen LogP contribution in [0, 0.1) is 11.3 Å². The first-order valence-electron chi connectivity index (χ1n) is 10.5. The maximum Gasteiger partial charge on any atom is 0.124 e. The van der Waals surface area contributed by atoms with Crippen LogP contribution in [0.2, 0.25) is 0 Å². The Morgan fingerprint density at radius 3 is 2.56 bits per heavy atom. The van der Waals surface area contributed by atoms with E-state index in [1.54, 1.807) is 18.4 Å². The predicted molar refractivity (Wildman–Crippen MR) is 130 cm³/mol. The molecule has 2 aromatic carbocycles. The summed E-state index contributed by atoms with van der Waals surface area (Å²) in [6.45, 7) is 2.13. The van der Waals surface area contributed by atoms with Crippen LogP contribution in [0.4, 0.5) is 0 Å². The summed E-state index contributed by atoms with van der Waals surface area (Å²) in [7, 11) is 3.51. The van der Waals surface area contributed by atoms with Gasteiger partial charge >= 0.3 is 0 Å². The van der Waals surface area contributed by atoms with Crippen LogP contribution in [-0.4, -0.2) is 29.8 Å². The van der Waals surface area contributed by atoms with Gasteiger partial charge in [-0.25, -0.2) is 4.98 Å². The van der Waals surface area contributed by atoms with Gasteiger partial charge in [0.05, 0.1) is 35.0 Å². The van der Waals surface area contributed by atoms with E-state index in [1.807, 2.05) is 55.2 Å². The predicted octanol–water partition coefficient (Wildman–Crippen LogP) is 5.39. The number of aromatic nitrogens is 2. The quantitative estimate of drug-likeness (QED) is 0.361. The van der Waals surface area contributed by atoms with E-state index in [0.29, 0.717) is 5.56 Å². The molecular formula is C26H24N4OS. The standard InChI is InChI=1S/C26H24N4OS/c1-4-18-16-30-22-14-23(31-3)20(9-10-24-29-11-12-32-24)13-21(22)25(18)26(28-2)19-7-5-17(15-27)6-8-19/h5-8,11-14,16H,4,9-10H2,1-3H3. The van der Waals surface area contributed by atoms with Gasteiger partial charge in [0.25, 0.3) is 0 Å². The maximum absolute atomic E-state index is 9.16. The molecule has 6 heteroatoms. The number of hydrogen-bond acceptors (Lipinski definition) is 6. The molecule has 2 aromatic heterocycles. The number of hydrogen-bond donors (Lipinski definition) is 0. The average molecular weight is 441 g/mol. The Morgan fingerprint density at radius 1 is 1.12 bits per heavy atom. The van der Waals surface area contributed by atoms with Crippen LogP contribution < -0.4 is 4.74 Å². The van der Waals surface area contributed by atoms with Crippen LogP contribution >= 0.6 is 11.3 Å². The van der Waals surface area contributed by atoms with Crippen molar-refractivity contribution in [2.24, 2.45) is 4.99 Å². The summed E-state index contributed by atoms with van der Waals surface area (Å²) in [5.41, 5.74) is 6.74. The number of nitriles is 1. The molecule has 0 bridgehead atoms. The van der Waals surface area contributed by atoms with Gasteiger partial charge in [-0.15, -0.1) is 11.3 Å². The van der Waals surface area contributed by atoms with Crippen molar-refractivity contribution >= 4 is 28.0 Å². The second-order valence-electron chi connectivity index (χ2n) is 7.38. The van der Waals surface area contributed by atoms with Crippen LogP contribution in [0.5, 0.6) is 5.75 Å². The van der Waals surface area contributed by atoms with Crippen LogP contribution in [0.3, 0.4) is 0 Å².